The number of halogens is 1. The van der Waals surface area contributed by atoms with Crippen molar-refractivity contribution in [3.63, 3.8) is 0 Å². The summed E-state index contributed by atoms with van der Waals surface area (Å²) in [6.45, 7) is 22.7. The van der Waals surface area contributed by atoms with Crippen molar-refractivity contribution < 1.29 is 42.9 Å². The summed E-state index contributed by atoms with van der Waals surface area (Å²) >= 11 is 6.71. The second-order valence-electron chi connectivity index (χ2n) is 19.9. The van der Waals surface area contributed by atoms with Crippen molar-refractivity contribution in [2.45, 2.75) is 156 Å². The number of aliphatic imine (C=N–C) groups is 1. The van der Waals surface area contributed by atoms with Gasteiger partial charge in [-0.2, -0.15) is 0 Å². The highest BCUT2D eigenvalue weighted by Crippen LogP contribution is 2.33. The Kier molecular flexibility index (Phi) is 16.6. The summed E-state index contributed by atoms with van der Waals surface area (Å²) in [5.41, 5.74) is 1.25. The van der Waals surface area contributed by atoms with Crippen LogP contribution < -0.4 is 15.4 Å². The van der Waals surface area contributed by atoms with Gasteiger partial charge in [0.1, 0.15) is 22.6 Å². The fraction of sp³-hybridized carbons (Fsp3) is 0.510. The summed E-state index contributed by atoms with van der Waals surface area (Å²) in [6, 6.07) is 19.2. The highest BCUT2D eigenvalue weighted by molar-refractivity contribution is 6.31. The third kappa shape index (κ3) is 17.0. The molecule has 1 aliphatic rings. The number of aryl methyl sites for hydroxylation is 1. The normalized spacial score (nSPS) is 15.6. The van der Waals surface area contributed by atoms with Gasteiger partial charge in [-0.05, 0) is 153 Å². The maximum Gasteiger partial charge on any atom is 0.414 e. The fourth-order valence-corrected chi connectivity index (χ4v) is 7.06. The highest BCUT2D eigenvalue weighted by atomic mass is 35.5. The summed E-state index contributed by atoms with van der Waals surface area (Å²) in [6.07, 6.45) is 1.59. The van der Waals surface area contributed by atoms with Crippen LogP contribution in [-0.4, -0.2) is 63.7 Å². The first-order valence-electron chi connectivity index (χ1n) is 21.5. The lowest BCUT2D eigenvalue weighted by molar-refractivity contribution is -0.161. The minimum atomic E-state index is -0.843. The van der Waals surface area contributed by atoms with Gasteiger partial charge >= 0.3 is 24.1 Å². The molecule has 0 radical (unpaired) electrons. The van der Waals surface area contributed by atoms with Crippen molar-refractivity contribution in [1.29, 1.82) is 0 Å². The molecule has 0 aromatic heterocycles. The van der Waals surface area contributed by atoms with Crippen molar-refractivity contribution >= 4 is 53.3 Å². The Hall–Kier alpha value is -5.43. The van der Waals surface area contributed by atoms with E-state index >= 15 is 0 Å². The molecule has 3 aromatic rings. The number of carbonyl (C=O) groups is 5. The molecule has 0 saturated heterocycles. The molecule has 0 unspecified atom stereocenters. The van der Waals surface area contributed by atoms with E-state index in [-0.39, 0.29) is 52.9 Å². The van der Waals surface area contributed by atoms with Crippen LogP contribution in [0.4, 0.5) is 15.3 Å². The molecule has 13 nitrogen and oxygen atoms in total. The Labute approximate surface area is 377 Å². The number of nitrogens with zero attached hydrogens (tertiary/aromatic N) is 2. The SMILES string of the molecule is CC(C)(C)OC(=O)NC(=Nc1ccc(C(=O)Oc2ccc(CCC(=O)N(Cc3cccc(C(C)(C)C)c3)C3CCC(C(=O)OC(C)(C)C)CC3)c(Cl)c2)cc1)NC(=O)OC(C)(C)C. The van der Waals surface area contributed by atoms with Crippen molar-refractivity contribution in [2.24, 2.45) is 10.9 Å². The Morgan fingerprint density at radius 2 is 1.29 bits per heavy atom. The standard InChI is InChI=1S/C49H65ClN4O9/c1-46(2,3)35-15-13-14-31(28-35)30-54(37-24-18-34(19-25-37)42(57)61-47(4,5)6)40(55)27-21-32-20-26-38(29-39(32)50)60-41(56)33-16-22-36(23-17-33)51-43(52-44(58)62-48(7,8)9)53-45(59)63-49(10,11)12/h13-17,20,22-23,26,28-29,34,37H,18-19,21,24-25,27,30H2,1-12H3,(H2,51,52,53,58,59). The van der Waals surface area contributed by atoms with Crippen LogP contribution >= 0.6 is 11.6 Å². The van der Waals surface area contributed by atoms with E-state index in [2.05, 4.69) is 54.6 Å². The smallest absolute Gasteiger partial charge is 0.414 e. The molecule has 0 aliphatic heterocycles. The Morgan fingerprint density at radius 3 is 1.81 bits per heavy atom. The van der Waals surface area contributed by atoms with Crippen molar-refractivity contribution in [1.82, 2.24) is 15.5 Å². The maximum absolute atomic E-state index is 14.1. The number of benzene rings is 3. The van der Waals surface area contributed by atoms with Crippen LogP contribution in [0.5, 0.6) is 5.75 Å². The average molecular weight is 890 g/mol. The van der Waals surface area contributed by atoms with Crippen LogP contribution in [0.2, 0.25) is 5.02 Å². The molecule has 3 aromatic carbocycles. The van der Waals surface area contributed by atoms with Gasteiger partial charge in [-0.1, -0.05) is 62.7 Å². The molecule has 342 valence electrons. The first kappa shape index (κ1) is 50.2. The van der Waals surface area contributed by atoms with E-state index in [1.54, 1.807) is 59.7 Å². The number of amides is 3. The van der Waals surface area contributed by atoms with Gasteiger partial charge in [0.25, 0.3) is 0 Å². The quantitative estimate of drug-likeness (QED) is 0.0663. The fourth-order valence-electron chi connectivity index (χ4n) is 6.80. The Morgan fingerprint density at radius 1 is 0.714 bits per heavy atom. The molecule has 0 spiro atoms. The first-order chi connectivity index (χ1) is 29.1. The second-order valence-corrected chi connectivity index (χ2v) is 20.3. The molecule has 0 atom stereocenters. The van der Waals surface area contributed by atoms with E-state index in [1.165, 1.54) is 29.8 Å². The summed E-state index contributed by atoms with van der Waals surface area (Å²) in [5, 5.41) is 5.19. The minimum Gasteiger partial charge on any atom is -0.460 e. The monoisotopic (exact) mass is 888 g/mol. The number of hydrogen-bond donors (Lipinski definition) is 2. The van der Waals surface area contributed by atoms with Crippen molar-refractivity contribution in [3.8, 4) is 5.75 Å². The number of rotatable bonds is 10. The van der Waals surface area contributed by atoms with Gasteiger partial charge in [0, 0.05) is 24.0 Å². The molecule has 3 amide bonds. The molecule has 1 aliphatic carbocycles. The topological polar surface area (TPSA) is 162 Å². The minimum absolute atomic E-state index is 0.00963. The summed E-state index contributed by atoms with van der Waals surface area (Å²) < 4.78 is 21.9. The predicted octanol–water partition coefficient (Wildman–Crippen LogP) is 10.8. The molecule has 63 heavy (non-hydrogen) atoms. The van der Waals surface area contributed by atoms with E-state index in [0.29, 0.717) is 49.4 Å². The average Bonchev–Trinajstić information content (AvgIpc) is 3.14. The lowest BCUT2D eigenvalue weighted by atomic mass is 9.84. The number of esters is 2. The molecule has 0 bridgehead atoms. The number of carbonyl (C=O) groups excluding carboxylic acids is 5. The zero-order chi connectivity index (χ0) is 46.9. The molecule has 1 saturated carbocycles. The van der Waals surface area contributed by atoms with Crippen LogP contribution in [-0.2, 0) is 42.2 Å². The number of alkyl carbamates (subject to hydrolysis) is 2. The summed E-state index contributed by atoms with van der Waals surface area (Å²) in [7, 11) is 0. The lowest BCUT2D eigenvalue weighted by Crippen LogP contribution is -2.47. The summed E-state index contributed by atoms with van der Waals surface area (Å²) in [4.78, 5) is 71.4. The van der Waals surface area contributed by atoms with E-state index in [4.69, 9.17) is 30.5 Å². The van der Waals surface area contributed by atoms with Crippen LogP contribution in [0.1, 0.15) is 142 Å². The molecular weight excluding hydrogens is 824 g/mol. The van der Waals surface area contributed by atoms with E-state index in [9.17, 15) is 24.0 Å². The van der Waals surface area contributed by atoms with E-state index in [1.807, 2.05) is 31.7 Å². The number of hydrogen-bond acceptors (Lipinski definition) is 10. The van der Waals surface area contributed by atoms with Gasteiger partial charge in [0.15, 0.2) is 0 Å². The maximum atomic E-state index is 14.1. The first-order valence-corrected chi connectivity index (χ1v) is 21.8. The summed E-state index contributed by atoms with van der Waals surface area (Å²) in [5.74, 6) is -1.06. The highest BCUT2D eigenvalue weighted by Gasteiger charge is 2.34. The Balaban J connectivity index is 1.43. The second kappa shape index (κ2) is 20.8. The Bertz CT molecular complexity index is 2100. The molecule has 4 rings (SSSR count). The van der Waals surface area contributed by atoms with Crippen LogP contribution in [0, 0.1) is 5.92 Å². The zero-order valence-electron chi connectivity index (χ0n) is 38.9. The predicted molar refractivity (Wildman–Crippen MR) is 244 cm³/mol. The number of nitrogens with one attached hydrogen (secondary N) is 2. The molecule has 2 N–H and O–H groups in total. The third-order valence-electron chi connectivity index (χ3n) is 9.77. The van der Waals surface area contributed by atoms with Crippen LogP contribution in [0.15, 0.2) is 71.7 Å². The molecule has 14 heteroatoms. The van der Waals surface area contributed by atoms with Gasteiger partial charge in [-0.15, -0.1) is 0 Å². The molecule has 0 heterocycles. The molecular formula is C49H65ClN4O9. The van der Waals surface area contributed by atoms with Crippen LogP contribution in [0.3, 0.4) is 0 Å². The lowest BCUT2D eigenvalue weighted by Gasteiger charge is -2.37. The number of guanidine groups is 1. The zero-order valence-corrected chi connectivity index (χ0v) is 39.7. The van der Waals surface area contributed by atoms with Gasteiger partial charge in [-0.3, -0.25) is 20.2 Å². The van der Waals surface area contributed by atoms with Gasteiger partial charge in [0.05, 0.1) is 17.2 Å². The van der Waals surface area contributed by atoms with Crippen molar-refractivity contribution in [3.05, 3.63) is 94.0 Å². The largest absolute Gasteiger partial charge is 0.460 e. The third-order valence-corrected chi connectivity index (χ3v) is 10.1. The molecule has 1 fully saturated rings. The van der Waals surface area contributed by atoms with Gasteiger partial charge in [-0.25, -0.2) is 19.4 Å². The van der Waals surface area contributed by atoms with E-state index < -0.39 is 35.0 Å². The van der Waals surface area contributed by atoms with Gasteiger partial charge < -0.3 is 23.8 Å². The van der Waals surface area contributed by atoms with Gasteiger partial charge in [0.2, 0.25) is 11.9 Å². The van der Waals surface area contributed by atoms with Crippen molar-refractivity contribution in [2.75, 3.05) is 0 Å². The van der Waals surface area contributed by atoms with Crippen LogP contribution in [0.25, 0.3) is 0 Å². The number of ether oxygens (including phenoxy) is 4. The van der Waals surface area contributed by atoms with E-state index in [0.717, 1.165) is 11.1 Å².